The molecule has 0 saturated heterocycles. The SMILES string of the molecule is CC(C)NCCC(=O)N[C@@H](C)C1CCCCC1. The predicted molar refractivity (Wildman–Crippen MR) is 71.9 cm³/mol. The number of carbonyl (C=O) groups is 1. The van der Waals surface area contributed by atoms with E-state index >= 15 is 0 Å². The van der Waals surface area contributed by atoms with E-state index in [0.29, 0.717) is 24.4 Å². The molecule has 1 amide bonds. The fourth-order valence-electron chi connectivity index (χ4n) is 2.55. The fraction of sp³-hybridized carbons (Fsp3) is 0.929. The van der Waals surface area contributed by atoms with Crippen LogP contribution in [0, 0.1) is 5.92 Å². The smallest absolute Gasteiger partial charge is 0.221 e. The average molecular weight is 240 g/mol. The zero-order valence-corrected chi connectivity index (χ0v) is 11.6. The standard InChI is InChI=1S/C14H28N2O/c1-11(2)15-10-9-14(17)16-12(3)13-7-5-4-6-8-13/h11-13,15H,4-10H2,1-3H3,(H,16,17)/t12-/m0/s1. The molecule has 1 aliphatic carbocycles. The Kier molecular flexibility index (Phi) is 6.56. The van der Waals surface area contributed by atoms with Gasteiger partial charge in [0, 0.05) is 25.0 Å². The lowest BCUT2D eigenvalue weighted by Gasteiger charge is -2.28. The minimum atomic E-state index is 0.191. The van der Waals surface area contributed by atoms with Gasteiger partial charge in [-0.1, -0.05) is 33.1 Å². The van der Waals surface area contributed by atoms with Crippen molar-refractivity contribution in [2.45, 2.75) is 71.4 Å². The lowest BCUT2D eigenvalue weighted by molar-refractivity contribution is -0.122. The number of amides is 1. The molecule has 1 aliphatic rings. The van der Waals surface area contributed by atoms with Gasteiger partial charge in [-0.15, -0.1) is 0 Å². The number of nitrogens with one attached hydrogen (secondary N) is 2. The van der Waals surface area contributed by atoms with Crippen LogP contribution in [-0.4, -0.2) is 24.5 Å². The Labute approximate surface area is 106 Å². The van der Waals surface area contributed by atoms with Gasteiger partial charge in [0.25, 0.3) is 0 Å². The first-order valence-corrected chi connectivity index (χ1v) is 7.12. The second-order valence-electron chi connectivity index (χ2n) is 5.61. The Morgan fingerprint density at radius 3 is 2.41 bits per heavy atom. The van der Waals surface area contributed by atoms with Gasteiger partial charge in [-0.3, -0.25) is 4.79 Å². The van der Waals surface area contributed by atoms with Gasteiger partial charge in [0.1, 0.15) is 0 Å². The Morgan fingerprint density at radius 2 is 1.82 bits per heavy atom. The first-order chi connectivity index (χ1) is 8.09. The highest BCUT2D eigenvalue weighted by Gasteiger charge is 2.21. The second-order valence-corrected chi connectivity index (χ2v) is 5.61. The highest BCUT2D eigenvalue weighted by molar-refractivity contribution is 5.76. The molecular weight excluding hydrogens is 212 g/mol. The molecular formula is C14H28N2O. The number of hydrogen-bond donors (Lipinski definition) is 2. The van der Waals surface area contributed by atoms with Crippen LogP contribution >= 0.6 is 0 Å². The van der Waals surface area contributed by atoms with E-state index in [1.165, 1.54) is 32.1 Å². The molecule has 0 aromatic carbocycles. The molecule has 0 radical (unpaired) electrons. The van der Waals surface area contributed by atoms with Crippen LogP contribution in [0.1, 0.15) is 59.3 Å². The number of hydrogen-bond acceptors (Lipinski definition) is 2. The van der Waals surface area contributed by atoms with Crippen molar-refractivity contribution in [2.75, 3.05) is 6.54 Å². The van der Waals surface area contributed by atoms with Gasteiger partial charge >= 0.3 is 0 Å². The maximum atomic E-state index is 11.7. The van der Waals surface area contributed by atoms with Gasteiger partial charge in [0.15, 0.2) is 0 Å². The minimum Gasteiger partial charge on any atom is -0.353 e. The summed E-state index contributed by atoms with van der Waals surface area (Å²) in [6, 6.07) is 0.806. The van der Waals surface area contributed by atoms with E-state index in [1.807, 2.05) is 0 Å². The van der Waals surface area contributed by atoms with Gasteiger partial charge in [-0.05, 0) is 25.7 Å². The van der Waals surface area contributed by atoms with Crippen molar-refractivity contribution in [3.05, 3.63) is 0 Å². The maximum absolute atomic E-state index is 11.7. The summed E-state index contributed by atoms with van der Waals surface area (Å²) in [5.74, 6) is 0.891. The molecule has 0 aliphatic heterocycles. The lowest BCUT2D eigenvalue weighted by Crippen LogP contribution is -2.40. The van der Waals surface area contributed by atoms with Crippen LogP contribution in [0.5, 0.6) is 0 Å². The van der Waals surface area contributed by atoms with Crippen molar-refractivity contribution < 1.29 is 4.79 Å². The molecule has 17 heavy (non-hydrogen) atoms. The molecule has 1 rings (SSSR count). The quantitative estimate of drug-likeness (QED) is 0.749. The zero-order chi connectivity index (χ0) is 12.7. The highest BCUT2D eigenvalue weighted by Crippen LogP contribution is 2.26. The topological polar surface area (TPSA) is 41.1 Å². The molecule has 100 valence electrons. The fourth-order valence-corrected chi connectivity index (χ4v) is 2.55. The van der Waals surface area contributed by atoms with E-state index in [2.05, 4.69) is 31.4 Å². The largest absolute Gasteiger partial charge is 0.353 e. The summed E-state index contributed by atoms with van der Waals surface area (Å²) in [6.45, 7) is 7.13. The van der Waals surface area contributed by atoms with E-state index in [1.54, 1.807) is 0 Å². The Hall–Kier alpha value is -0.570. The van der Waals surface area contributed by atoms with E-state index in [9.17, 15) is 4.79 Å². The van der Waals surface area contributed by atoms with Crippen molar-refractivity contribution in [1.29, 1.82) is 0 Å². The number of carbonyl (C=O) groups excluding carboxylic acids is 1. The highest BCUT2D eigenvalue weighted by atomic mass is 16.1. The average Bonchev–Trinajstić information content (AvgIpc) is 2.29. The molecule has 0 spiro atoms. The van der Waals surface area contributed by atoms with Crippen LogP contribution in [0.15, 0.2) is 0 Å². The van der Waals surface area contributed by atoms with E-state index < -0.39 is 0 Å². The Morgan fingerprint density at radius 1 is 1.18 bits per heavy atom. The van der Waals surface area contributed by atoms with Gasteiger partial charge in [-0.25, -0.2) is 0 Å². The van der Waals surface area contributed by atoms with Gasteiger partial charge in [0.2, 0.25) is 5.91 Å². The van der Waals surface area contributed by atoms with Crippen LogP contribution in [-0.2, 0) is 4.79 Å². The normalized spacial score (nSPS) is 19.3. The molecule has 2 N–H and O–H groups in total. The molecule has 3 heteroatoms. The summed E-state index contributed by atoms with van der Waals surface area (Å²) in [5.41, 5.74) is 0. The van der Waals surface area contributed by atoms with Crippen LogP contribution in [0.2, 0.25) is 0 Å². The van der Waals surface area contributed by atoms with Gasteiger partial charge in [0.05, 0.1) is 0 Å². The summed E-state index contributed by atoms with van der Waals surface area (Å²) >= 11 is 0. The summed E-state index contributed by atoms with van der Waals surface area (Å²) in [6.07, 6.45) is 7.20. The van der Waals surface area contributed by atoms with Gasteiger partial charge in [-0.2, -0.15) is 0 Å². The van der Waals surface area contributed by atoms with Crippen LogP contribution < -0.4 is 10.6 Å². The third-order valence-electron chi connectivity index (χ3n) is 3.65. The van der Waals surface area contributed by atoms with Crippen molar-refractivity contribution in [2.24, 2.45) is 5.92 Å². The molecule has 3 nitrogen and oxygen atoms in total. The van der Waals surface area contributed by atoms with Crippen molar-refractivity contribution in [1.82, 2.24) is 10.6 Å². The molecule has 1 atom stereocenters. The maximum Gasteiger partial charge on any atom is 0.221 e. The monoisotopic (exact) mass is 240 g/mol. The molecule has 0 aromatic rings. The van der Waals surface area contributed by atoms with Crippen molar-refractivity contribution in [3.8, 4) is 0 Å². The molecule has 0 bridgehead atoms. The Balaban J connectivity index is 2.15. The first kappa shape index (κ1) is 14.5. The van der Waals surface area contributed by atoms with Crippen molar-refractivity contribution >= 4 is 5.91 Å². The van der Waals surface area contributed by atoms with Gasteiger partial charge < -0.3 is 10.6 Å². The molecule has 0 unspecified atom stereocenters. The van der Waals surface area contributed by atoms with E-state index in [4.69, 9.17) is 0 Å². The third kappa shape index (κ3) is 6.06. The van der Waals surface area contributed by atoms with Crippen LogP contribution in [0.3, 0.4) is 0 Å². The molecule has 0 aromatic heterocycles. The predicted octanol–water partition coefficient (Wildman–Crippen LogP) is 2.46. The summed E-state index contributed by atoms with van der Waals surface area (Å²) in [7, 11) is 0. The summed E-state index contributed by atoms with van der Waals surface area (Å²) in [5, 5.41) is 6.41. The van der Waals surface area contributed by atoms with Crippen LogP contribution in [0.4, 0.5) is 0 Å². The number of rotatable bonds is 6. The van der Waals surface area contributed by atoms with Crippen LogP contribution in [0.25, 0.3) is 0 Å². The molecule has 1 saturated carbocycles. The zero-order valence-electron chi connectivity index (χ0n) is 11.6. The van der Waals surface area contributed by atoms with E-state index in [0.717, 1.165) is 6.54 Å². The Bertz CT molecular complexity index is 222. The first-order valence-electron chi connectivity index (χ1n) is 7.12. The van der Waals surface area contributed by atoms with Crippen molar-refractivity contribution in [3.63, 3.8) is 0 Å². The second kappa shape index (κ2) is 7.70. The third-order valence-corrected chi connectivity index (χ3v) is 3.65. The lowest BCUT2D eigenvalue weighted by atomic mass is 9.84. The molecule has 0 heterocycles. The minimum absolute atomic E-state index is 0.191. The molecule has 1 fully saturated rings. The van der Waals surface area contributed by atoms with E-state index in [-0.39, 0.29) is 5.91 Å². The summed E-state index contributed by atoms with van der Waals surface area (Å²) < 4.78 is 0. The summed E-state index contributed by atoms with van der Waals surface area (Å²) in [4.78, 5) is 11.7.